The summed E-state index contributed by atoms with van der Waals surface area (Å²) < 4.78 is 59.3. The molecule has 2 fully saturated rings. The average Bonchev–Trinajstić information content (AvgIpc) is 3.24. The van der Waals surface area contributed by atoms with Crippen molar-refractivity contribution in [3.8, 4) is 11.4 Å². The van der Waals surface area contributed by atoms with Gasteiger partial charge in [0, 0.05) is 16.8 Å². The number of hydrogen-bond donors (Lipinski definition) is 2. The van der Waals surface area contributed by atoms with Crippen LogP contribution in [-0.2, 0) is 21.1 Å². The molecule has 1 amide bonds. The zero-order valence-electron chi connectivity index (χ0n) is 19.8. The Balaban J connectivity index is 1.41. The van der Waals surface area contributed by atoms with Gasteiger partial charge in [-0.05, 0) is 86.2 Å². The van der Waals surface area contributed by atoms with E-state index in [4.69, 9.17) is 4.74 Å². The third-order valence-corrected chi connectivity index (χ3v) is 7.09. The SMILES string of the molecule is CC1(OC(=O)c2ccc(NC(=O)C3(c4ccc(C(F)(F)F)cc4F)CC3)cc2-c2nnn[nH]2)CCCC1. The minimum Gasteiger partial charge on any atom is -0.456 e. The molecule has 2 aliphatic rings. The van der Waals surface area contributed by atoms with E-state index in [1.165, 1.54) is 18.2 Å². The fourth-order valence-electron chi connectivity index (χ4n) is 4.85. The first-order valence-electron chi connectivity index (χ1n) is 11.8. The molecule has 1 heterocycles. The van der Waals surface area contributed by atoms with E-state index >= 15 is 0 Å². The Morgan fingerprint density at radius 1 is 1.05 bits per heavy atom. The number of hydrogen-bond acceptors (Lipinski definition) is 6. The lowest BCUT2D eigenvalue weighted by Gasteiger charge is -2.24. The van der Waals surface area contributed by atoms with Crippen molar-refractivity contribution in [2.75, 3.05) is 5.32 Å². The topological polar surface area (TPSA) is 110 Å². The molecule has 0 saturated heterocycles. The van der Waals surface area contributed by atoms with Crippen LogP contribution in [0.1, 0.15) is 66.9 Å². The molecule has 0 radical (unpaired) electrons. The molecule has 12 heteroatoms. The van der Waals surface area contributed by atoms with Gasteiger partial charge in [-0.2, -0.15) is 13.2 Å². The van der Waals surface area contributed by atoms with Gasteiger partial charge in [0.1, 0.15) is 11.4 Å². The van der Waals surface area contributed by atoms with Crippen LogP contribution in [0, 0.1) is 5.82 Å². The van der Waals surface area contributed by atoms with Gasteiger partial charge in [0.05, 0.1) is 16.5 Å². The molecule has 0 atom stereocenters. The number of esters is 1. The zero-order valence-corrected chi connectivity index (χ0v) is 19.8. The van der Waals surface area contributed by atoms with Gasteiger partial charge in [0.2, 0.25) is 5.91 Å². The normalized spacial score (nSPS) is 17.9. The van der Waals surface area contributed by atoms with Crippen molar-refractivity contribution in [2.24, 2.45) is 0 Å². The second-order valence-electron chi connectivity index (χ2n) is 9.79. The monoisotopic (exact) mass is 517 g/mol. The van der Waals surface area contributed by atoms with E-state index in [1.54, 1.807) is 0 Å². The van der Waals surface area contributed by atoms with Crippen LogP contribution >= 0.6 is 0 Å². The van der Waals surface area contributed by atoms with Crippen LogP contribution in [0.3, 0.4) is 0 Å². The first-order valence-corrected chi connectivity index (χ1v) is 11.8. The maximum atomic E-state index is 14.6. The van der Waals surface area contributed by atoms with Gasteiger partial charge in [0.15, 0.2) is 5.82 Å². The largest absolute Gasteiger partial charge is 0.456 e. The van der Waals surface area contributed by atoms with E-state index in [0.29, 0.717) is 11.6 Å². The van der Waals surface area contributed by atoms with E-state index < -0.39 is 40.4 Å². The molecule has 0 bridgehead atoms. The molecule has 8 nitrogen and oxygen atoms in total. The lowest BCUT2D eigenvalue weighted by Crippen LogP contribution is -2.29. The molecule has 194 valence electrons. The van der Waals surface area contributed by atoms with Crippen LogP contribution in [0.4, 0.5) is 23.2 Å². The summed E-state index contributed by atoms with van der Waals surface area (Å²) in [4.78, 5) is 26.2. The number of carbonyl (C=O) groups is 2. The summed E-state index contributed by atoms with van der Waals surface area (Å²) in [5.74, 6) is -2.04. The van der Waals surface area contributed by atoms with Crippen molar-refractivity contribution >= 4 is 17.6 Å². The Bertz CT molecular complexity index is 1350. The molecule has 1 aromatic heterocycles. The summed E-state index contributed by atoms with van der Waals surface area (Å²) in [6, 6.07) is 6.66. The molecule has 0 spiro atoms. The first kappa shape index (κ1) is 24.8. The van der Waals surface area contributed by atoms with Gasteiger partial charge in [-0.3, -0.25) is 4.79 Å². The summed E-state index contributed by atoms with van der Waals surface area (Å²) in [6.45, 7) is 1.89. The number of alkyl halides is 3. The molecule has 2 N–H and O–H groups in total. The summed E-state index contributed by atoms with van der Waals surface area (Å²) in [5.41, 5.74) is -2.30. The minimum absolute atomic E-state index is 0.0948. The Morgan fingerprint density at radius 3 is 2.38 bits per heavy atom. The molecule has 0 unspecified atom stereocenters. The number of carbonyl (C=O) groups excluding carboxylic acids is 2. The highest BCUT2D eigenvalue weighted by Crippen LogP contribution is 2.50. The highest BCUT2D eigenvalue weighted by Gasteiger charge is 2.53. The number of tetrazole rings is 1. The predicted octanol–water partition coefficient (Wildman–Crippen LogP) is 5.18. The Morgan fingerprint density at radius 2 is 1.78 bits per heavy atom. The predicted molar refractivity (Wildman–Crippen MR) is 123 cm³/mol. The summed E-state index contributed by atoms with van der Waals surface area (Å²) >= 11 is 0. The van der Waals surface area contributed by atoms with Gasteiger partial charge in [-0.15, -0.1) is 5.10 Å². The summed E-state index contributed by atoms with van der Waals surface area (Å²) in [6.07, 6.45) is -0.679. The van der Waals surface area contributed by atoms with Crippen LogP contribution in [0.2, 0.25) is 0 Å². The number of rotatable bonds is 6. The molecule has 5 rings (SSSR count). The maximum Gasteiger partial charge on any atom is 0.416 e. The molecular formula is C25H23F4N5O3. The minimum atomic E-state index is -4.69. The third kappa shape index (κ3) is 4.79. The van der Waals surface area contributed by atoms with Gasteiger partial charge >= 0.3 is 12.1 Å². The van der Waals surface area contributed by atoms with Crippen LogP contribution in [0.15, 0.2) is 36.4 Å². The Hall–Kier alpha value is -3.83. The number of aromatic amines is 1. The van der Waals surface area contributed by atoms with Crippen molar-refractivity contribution in [3.05, 3.63) is 58.9 Å². The number of H-pyrrole nitrogens is 1. The number of nitrogens with zero attached hydrogens (tertiary/aromatic N) is 3. The number of amides is 1. The third-order valence-electron chi connectivity index (χ3n) is 7.09. The highest BCUT2D eigenvalue weighted by molar-refractivity contribution is 6.03. The number of nitrogens with one attached hydrogen (secondary N) is 2. The van der Waals surface area contributed by atoms with Gasteiger partial charge in [-0.1, -0.05) is 6.07 Å². The number of aromatic nitrogens is 4. The molecular weight excluding hydrogens is 494 g/mol. The molecule has 3 aromatic rings. The Labute approximate surface area is 208 Å². The fraction of sp³-hybridized carbons (Fsp3) is 0.400. The number of anilines is 1. The quantitative estimate of drug-likeness (QED) is 0.344. The van der Waals surface area contributed by atoms with E-state index in [0.717, 1.165) is 37.8 Å². The first-order chi connectivity index (χ1) is 17.5. The van der Waals surface area contributed by atoms with Crippen LogP contribution < -0.4 is 5.32 Å². The molecule has 2 saturated carbocycles. The average molecular weight is 517 g/mol. The molecule has 2 aromatic carbocycles. The lowest BCUT2D eigenvalue weighted by molar-refractivity contribution is -0.137. The fourth-order valence-corrected chi connectivity index (χ4v) is 4.85. The van der Waals surface area contributed by atoms with Crippen molar-refractivity contribution < 1.29 is 31.9 Å². The van der Waals surface area contributed by atoms with Crippen LogP contribution in [0.25, 0.3) is 11.4 Å². The summed E-state index contributed by atoms with van der Waals surface area (Å²) in [7, 11) is 0. The highest BCUT2D eigenvalue weighted by atomic mass is 19.4. The molecule has 0 aliphatic heterocycles. The lowest BCUT2D eigenvalue weighted by atomic mass is 9.93. The van der Waals surface area contributed by atoms with Crippen LogP contribution in [0.5, 0.6) is 0 Å². The van der Waals surface area contributed by atoms with E-state index in [2.05, 4.69) is 25.9 Å². The van der Waals surface area contributed by atoms with Crippen molar-refractivity contribution in [1.82, 2.24) is 20.6 Å². The van der Waals surface area contributed by atoms with Crippen molar-refractivity contribution in [2.45, 2.75) is 62.6 Å². The van der Waals surface area contributed by atoms with E-state index in [9.17, 15) is 27.2 Å². The number of benzene rings is 2. The van der Waals surface area contributed by atoms with E-state index in [-0.39, 0.29) is 35.5 Å². The standard InChI is InChI=1S/C25H23F4N5O3/c1-23(8-2-3-9-23)37-21(35)16-6-5-15(13-17(16)20-31-33-34-32-20)30-22(36)24(10-11-24)18-7-4-14(12-19(18)26)25(27,28)29/h4-7,12-13H,2-3,8-11H2,1H3,(H,30,36)(H,31,32,33,34). The van der Waals surface area contributed by atoms with Gasteiger partial charge in [0.25, 0.3) is 0 Å². The van der Waals surface area contributed by atoms with Gasteiger partial charge in [-0.25, -0.2) is 14.3 Å². The van der Waals surface area contributed by atoms with Crippen molar-refractivity contribution in [3.63, 3.8) is 0 Å². The van der Waals surface area contributed by atoms with E-state index in [1.807, 2.05) is 6.92 Å². The number of halogens is 4. The van der Waals surface area contributed by atoms with Crippen LogP contribution in [-0.4, -0.2) is 38.1 Å². The summed E-state index contributed by atoms with van der Waals surface area (Å²) in [5, 5.41) is 16.3. The Kier molecular flexibility index (Phi) is 5.99. The molecule has 37 heavy (non-hydrogen) atoms. The molecule has 2 aliphatic carbocycles. The zero-order chi connectivity index (χ0) is 26.4. The van der Waals surface area contributed by atoms with Crippen molar-refractivity contribution in [1.29, 1.82) is 0 Å². The second kappa shape index (κ2) is 8.93. The second-order valence-corrected chi connectivity index (χ2v) is 9.79. The van der Waals surface area contributed by atoms with Gasteiger partial charge < -0.3 is 10.1 Å². The maximum absolute atomic E-state index is 14.6. The smallest absolute Gasteiger partial charge is 0.416 e. The number of ether oxygens (including phenoxy) is 1.